The minimum atomic E-state index is 0.00571. The van der Waals surface area contributed by atoms with E-state index in [-0.39, 0.29) is 18.0 Å². The zero-order valence-electron chi connectivity index (χ0n) is 9.57. The Bertz CT molecular complexity index is 344. The summed E-state index contributed by atoms with van der Waals surface area (Å²) in [7, 11) is 0. The third-order valence-corrected chi connectivity index (χ3v) is 3.04. The highest BCUT2D eigenvalue weighted by molar-refractivity contribution is 5.82. The van der Waals surface area contributed by atoms with Crippen molar-refractivity contribution in [3.63, 3.8) is 0 Å². The zero-order chi connectivity index (χ0) is 11.4. The Morgan fingerprint density at radius 2 is 2.19 bits per heavy atom. The van der Waals surface area contributed by atoms with Gasteiger partial charge < -0.3 is 10.6 Å². The third-order valence-electron chi connectivity index (χ3n) is 3.04. The van der Waals surface area contributed by atoms with Gasteiger partial charge in [0.1, 0.15) is 0 Å². The Labute approximate surface area is 96.2 Å². The van der Waals surface area contributed by atoms with E-state index in [9.17, 15) is 4.79 Å². The molecule has 1 aromatic carbocycles. The molecule has 1 unspecified atom stereocenters. The zero-order valence-corrected chi connectivity index (χ0v) is 9.57. The summed E-state index contributed by atoms with van der Waals surface area (Å²) in [6.07, 6.45) is 2.05. The van der Waals surface area contributed by atoms with Crippen LogP contribution in [0.4, 0.5) is 0 Å². The normalized spacial score (nSPS) is 21.7. The van der Waals surface area contributed by atoms with Crippen LogP contribution in [0.1, 0.15) is 31.4 Å². The second-order valence-corrected chi connectivity index (χ2v) is 4.29. The monoisotopic (exact) mass is 218 g/mol. The second-order valence-electron chi connectivity index (χ2n) is 4.29. The number of hydrogen-bond acceptors (Lipinski definition) is 2. The van der Waals surface area contributed by atoms with Gasteiger partial charge in [-0.1, -0.05) is 30.3 Å². The van der Waals surface area contributed by atoms with Crippen molar-refractivity contribution in [1.29, 1.82) is 0 Å². The van der Waals surface area contributed by atoms with Crippen molar-refractivity contribution in [3.05, 3.63) is 35.9 Å². The molecule has 0 spiro atoms. The molecule has 1 aromatic rings. The van der Waals surface area contributed by atoms with Gasteiger partial charge in [-0.3, -0.25) is 4.79 Å². The smallest absolute Gasteiger partial charge is 0.237 e. The number of nitrogens with one attached hydrogen (secondary N) is 2. The lowest BCUT2D eigenvalue weighted by molar-refractivity contribution is -0.123. The lowest BCUT2D eigenvalue weighted by Gasteiger charge is -2.17. The summed E-state index contributed by atoms with van der Waals surface area (Å²) in [5, 5.41) is 6.24. The molecule has 3 nitrogen and oxygen atoms in total. The molecule has 2 N–H and O–H groups in total. The molecular formula is C13H18N2O. The van der Waals surface area contributed by atoms with Crippen molar-refractivity contribution < 1.29 is 4.79 Å². The highest BCUT2D eigenvalue weighted by Crippen LogP contribution is 2.12. The minimum absolute atomic E-state index is 0.00571. The average molecular weight is 218 g/mol. The lowest BCUT2D eigenvalue weighted by Crippen LogP contribution is -2.41. The third kappa shape index (κ3) is 2.61. The summed E-state index contributed by atoms with van der Waals surface area (Å²) < 4.78 is 0. The first-order valence-corrected chi connectivity index (χ1v) is 5.86. The first-order chi connectivity index (χ1) is 7.77. The van der Waals surface area contributed by atoms with Crippen LogP contribution in [0.25, 0.3) is 0 Å². The molecule has 16 heavy (non-hydrogen) atoms. The summed E-state index contributed by atoms with van der Waals surface area (Å²) in [5.74, 6) is 0.119. The Kier molecular flexibility index (Phi) is 3.57. The van der Waals surface area contributed by atoms with Gasteiger partial charge in [0.15, 0.2) is 0 Å². The summed E-state index contributed by atoms with van der Waals surface area (Å²) in [6.45, 7) is 2.97. The number of hydrogen-bond donors (Lipinski definition) is 2. The van der Waals surface area contributed by atoms with Gasteiger partial charge in [-0.05, 0) is 31.9 Å². The predicted octanol–water partition coefficient (Wildman–Crippen LogP) is 1.62. The first kappa shape index (κ1) is 11.1. The van der Waals surface area contributed by atoms with Gasteiger partial charge >= 0.3 is 0 Å². The number of carbonyl (C=O) groups excluding carboxylic acids is 1. The minimum Gasteiger partial charge on any atom is -0.348 e. The van der Waals surface area contributed by atoms with Crippen molar-refractivity contribution in [3.8, 4) is 0 Å². The molecule has 1 amide bonds. The van der Waals surface area contributed by atoms with Gasteiger partial charge in [-0.15, -0.1) is 0 Å². The second kappa shape index (κ2) is 5.12. The maximum Gasteiger partial charge on any atom is 0.237 e. The van der Waals surface area contributed by atoms with E-state index in [2.05, 4.69) is 10.6 Å². The molecule has 0 aliphatic carbocycles. The van der Waals surface area contributed by atoms with Crippen LogP contribution in [0.5, 0.6) is 0 Å². The van der Waals surface area contributed by atoms with E-state index in [4.69, 9.17) is 0 Å². The van der Waals surface area contributed by atoms with E-state index >= 15 is 0 Å². The van der Waals surface area contributed by atoms with Gasteiger partial charge in [-0.2, -0.15) is 0 Å². The Morgan fingerprint density at radius 1 is 1.44 bits per heavy atom. The van der Waals surface area contributed by atoms with Crippen LogP contribution in [-0.4, -0.2) is 18.5 Å². The highest BCUT2D eigenvalue weighted by Gasteiger charge is 2.23. The van der Waals surface area contributed by atoms with Crippen LogP contribution in [0.2, 0.25) is 0 Å². The molecule has 0 radical (unpaired) electrons. The maximum atomic E-state index is 11.9. The fourth-order valence-corrected chi connectivity index (χ4v) is 2.05. The highest BCUT2D eigenvalue weighted by atomic mass is 16.2. The Morgan fingerprint density at radius 3 is 2.81 bits per heavy atom. The predicted molar refractivity (Wildman–Crippen MR) is 64.0 cm³/mol. The molecule has 1 aliphatic rings. The van der Waals surface area contributed by atoms with Crippen LogP contribution in [0, 0.1) is 0 Å². The molecule has 0 bridgehead atoms. The molecule has 3 heteroatoms. The number of amides is 1. The van der Waals surface area contributed by atoms with Crippen LogP contribution < -0.4 is 10.6 Å². The molecule has 1 aliphatic heterocycles. The van der Waals surface area contributed by atoms with Crippen LogP contribution >= 0.6 is 0 Å². The van der Waals surface area contributed by atoms with Crippen molar-refractivity contribution in [2.45, 2.75) is 31.8 Å². The van der Waals surface area contributed by atoms with Crippen molar-refractivity contribution in [2.75, 3.05) is 6.54 Å². The van der Waals surface area contributed by atoms with Gasteiger partial charge in [0.25, 0.3) is 0 Å². The number of rotatable bonds is 3. The standard InChI is InChI=1S/C13H18N2O/c1-10(11-6-3-2-4-7-11)15-13(16)12-8-5-9-14-12/h2-4,6-7,10,12,14H,5,8-9H2,1H3,(H,15,16)/t10-,12?/m1/s1. The van der Waals surface area contributed by atoms with Gasteiger partial charge in [0, 0.05) is 0 Å². The number of benzene rings is 1. The van der Waals surface area contributed by atoms with Gasteiger partial charge in [0.05, 0.1) is 12.1 Å². The summed E-state index contributed by atoms with van der Waals surface area (Å²) >= 11 is 0. The lowest BCUT2D eigenvalue weighted by atomic mass is 10.1. The summed E-state index contributed by atoms with van der Waals surface area (Å²) in [4.78, 5) is 11.9. The van der Waals surface area contributed by atoms with Gasteiger partial charge in [-0.25, -0.2) is 0 Å². The largest absolute Gasteiger partial charge is 0.348 e. The summed E-state index contributed by atoms with van der Waals surface area (Å²) in [5.41, 5.74) is 1.15. The molecule has 2 atom stereocenters. The van der Waals surface area contributed by atoms with E-state index in [1.165, 1.54) is 0 Å². The SMILES string of the molecule is C[C@@H](NC(=O)C1CCCN1)c1ccccc1. The van der Waals surface area contributed by atoms with Crippen molar-refractivity contribution >= 4 is 5.91 Å². The van der Waals surface area contributed by atoms with E-state index in [1.807, 2.05) is 37.3 Å². The van der Waals surface area contributed by atoms with Crippen LogP contribution in [0.15, 0.2) is 30.3 Å². The first-order valence-electron chi connectivity index (χ1n) is 5.86. The molecule has 86 valence electrons. The Hall–Kier alpha value is -1.35. The molecular weight excluding hydrogens is 200 g/mol. The molecule has 1 saturated heterocycles. The molecule has 2 rings (SSSR count). The van der Waals surface area contributed by atoms with Crippen LogP contribution in [0.3, 0.4) is 0 Å². The summed E-state index contributed by atoms with van der Waals surface area (Å²) in [6, 6.07) is 10.1. The maximum absolute atomic E-state index is 11.9. The molecule has 1 heterocycles. The van der Waals surface area contributed by atoms with E-state index in [0.717, 1.165) is 24.9 Å². The molecule has 0 aromatic heterocycles. The fourth-order valence-electron chi connectivity index (χ4n) is 2.05. The van der Waals surface area contributed by atoms with E-state index in [0.29, 0.717) is 0 Å². The van der Waals surface area contributed by atoms with Crippen molar-refractivity contribution in [1.82, 2.24) is 10.6 Å². The molecule has 0 saturated carbocycles. The Balaban J connectivity index is 1.92. The number of carbonyl (C=O) groups is 1. The van der Waals surface area contributed by atoms with E-state index < -0.39 is 0 Å². The van der Waals surface area contributed by atoms with Crippen LogP contribution in [-0.2, 0) is 4.79 Å². The topological polar surface area (TPSA) is 41.1 Å². The molecule has 1 fully saturated rings. The van der Waals surface area contributed by atoms with E-state index in [1.54, 1.807) is 0 Å². The van der Waals surface area contributed by atoms with Gasteiger partial charge in [0.2, 0.25) is 5.91 Å². The fraction of sp³-hybridized carbons (Fsp3) is 0.462. The quantitative estimate of drug-likeness (QED) is 0.809. The average Bonchev–Trinajstić information content (AvgIpc) is 2.83. The van der Waals surface area contributed by atoms with Crippen molar-refractivity contribution in [2.24, 2.45) is 0 Å².